The summed E-state index contributed by atoms with van der Waals surface area (Å²) in [6.07, 6.45) is 3.56. The molecule has 236 valence electrons. The first kappa shape index (κ1) is 32.9. The van der Waals surface area contributed by atoms with E-state index in [-0.39, 0.29) is 42.8 Å². The third kappa shape index (κ3) is 6.47. The zero-order chi connectivity index (χ0) is 31.8. The Morgan fingerprint density at radius 3 is 2.38 bits per heavy atom. The maximum atomic E-state index is 14.6. The Balaban J connectivity index is 0.00000386. The Hall–Kier alpha value is -3.98. The van der Waals surface area contributed by atoms with Crippen LogP contribution in [0, 0.1) is 5.92 Å². The molecule has 3 aliphatic rings. The number of carbonyl (C=O) groups excluding carboxylic acids is 2. The Morgan fingerprint density at radius 2 is 1.57 bits per heavy atom. The van der Waals surface area contributed by atoms with Crippen LogP contribution < -0.4 is 58.3 Å². The molecule has 0 N–H and O–H groups in total. The predicted molar refractivity (Wildman–Crippen MR) is 168 cm³/mol. The SMILES string of the molecule is CCCOc1ccc2c(c1)C(c1ccc(OC)cc1CC(=O)[O-])C(C(=O)Oc1ccc3c(c1)CCC3)C2c1ccc2c(c1)OCO2.[Na+]. The largest absolute Gasteiger partial charge is 1.00 e. The number of hydrogen-bond acceptors (Lipinski definition) is 8. The fraction of sp³-hybridized carbons (Fsp3) is 0.316. The van der Waals surface area contributed by atoms with E-state index in [1.54, 1.807) is 12.1 Å². The summed E-state index contributed by atoms with van der Waals surface area (Å²) in [4.78, 5) is 26.6. The molecule has 0 bridgehead atoms. The van der Waals surface area contributed by atoms with Gasteiger partial charge in [-0.25, -0.2) is 0 Å². The molecule has 8 nitrogen and oxygen atoms in total. The van der Waals surface area contributed by atoms with Crippen molar-refractivity contribution in [3.8, 4) is 28.7 Å². The molecule has 4 aromatic rings. The van der Waals surface area contributed by atoms with Crippen molar-refractivity contribution in [2.45, 2.75) is 50.9 Å². The summed E-state index contributed by atoms with van der Waals surface area (Å²) >= 11 is 0. The molecule has 0 aromatic heterocycles. The van der Waals surface area contributed by atoms with Crippen LogP contribution in [0.5, 0.6) is 28.7 Å². The van der Waals surface area contributed by atoms with Crippen molar-refractivity contribution in [1.29, 1.82) is 0 Å². The number of fused-ring (bicyclic) bond motifs is 3. The van der Waals surface area contributed by atoms with Gasteiger partial charge in [-0.3, -0.25) is 4.79 Å². The minimum Gasteiger partial charge on any atom is -0.550 e. The number of carboxylic acids is 1. The monoisotopic (exact) mass is 642 g/mol. The number of methoxy groups -OCH3 is 1. The van der Waals surface area contributed by atoms with Crippen LogP contribution in [-0.4, -0.2) is 32.4 Å². The fourth-order valence-corrected chi connectivity index (χ4v) is 7.24. The average molecular weight is 643 g/mol. The van der Waals surface area contributed by atoms with E-state index in [0.29, 0.717) is 46.5 Å². The van der Waals surface area contributed by atoms with E-state index in [2.05, 4.69) is 0 Å². The van der Waals surface area contributed by atoms with Crippen LogP contribution in [0.2, 0.25) is 0 Å². The van der Waals surface area contributed by atoms with Crippen molar-refractivity contribution in [2.24, 2.45) is 5.92 Å². The van der Waals surface area contributed by atoms with Crippen molar-refractivity contribution in [3.05, 3.63) is 112 Å². The van der Waals surface area contributed by atoms with Gasteiger partial charge in [0.25, 0.3) is 0 Å². The average Bonchev–Trinajstić information content (AvgIpc) is 3.80. The zero-order valence-electron chi connectivity index (χ0n) is 26.9. The van der Waals surface area contributed by atoms with E-state index in [1.165, 1.54) is 18.2 Å². The van der Waals surface area contributed by atoms with Gasteiger partial charge in [0.05, 0.1) is 19.6 Å². The molecule has 0 saturated heterocycles. The van der Waals surface area contributed by atoms with Crippen LogP contribution in [-0.2, 0) is 28.9 Å². The molecule has 0 saturated carbocycles. The van der Waals surface area contributed by atoms with Crippen molar-refractivity contribution < 1.29 is 67.9 Å². The van der Waals surface area contributed by atoms with Crippen LogP contribution in [0.3, 0.4) is 0 Å². The number of esters is 1. The molecule has 0 amide bonds. The fourth-order valence-electron chi connectivity index (χ4n) is 7.24. The number of carboxylic acid groups (broad SMARTS) is 1. The van der Waals surface area contributed by atoms with E-state index in [0.717, 1.165) is 42.4 Å². The minimum absolute atomic E-state index is 0. The first-order valence-corrected chi connectivity index (χ1v) is 15.8. The summed E-state index contributed by atoms with van der Waals surface area (Å²) in [5.74, 6) is -0.428. The second kappa shape index (κ2) is 14.0. The van der Waals surface area contributed by atoms with E-state index in [9.17, 15) is 14.7 Å². The van der Waals surface area contributed by atoms with Crippen molar-refractivity contribution in [3.63, 3.8) is 0 Å². The summed E-state index contributed by atoms with van der Waals surface area (Å²) < 4.78 is 29.1. The molecule has 1 heterocycles. The maximum absolute atomic E-state index is 14.6. The first-order valence-electron chi connectivity index (χ1n) is 15.8. The molecule has 3 atom stereocenters. The van der Waals surface area contributed by atoms with Crippen LogP contribution in [0.15, 0.2) is 72.8 Å². The molecular formula is C38H35NaO8. The summed E-state index contributed by atoms with van der Waals surface area (Å²) in [6, 6.07) is 22.9. The molecule has 9 heteroatoms. The Labute approximate surface area is 296 Å². The molecular weight excluding hydrogens is 607 g/mol. The number of aryl methyl sites for hydroxylation is 2. The van der Waals surface area contributed by atoms with E-state index in [1.807, 2.05) is 67.6 Å². The molecule has 0 spiro atoms. The van der Waals surface area contributed by atoms with E-state index in [4.69, 9.17) is 23.7 Å². The van der Waals surface area contributed by atoms with Gasteiger partial charge in [0.15, 0.2) is 11.5 Å². The van der Waals surface area contributed by atoms with Gasteiger partial charge in [0.1, 0.15) is 17.2 Å². The number of rotatable bonds is 10. The van der Waals surface area contributed by atoms with Gasteiger partial charge in [0, 0.05) is 24.2 Å². The smallest absolute Gasteiger partial charge is 0.550 e. The normalized spacial score (nSPS) is 18.6. The topological polar surface area (TPSA) is 103 Å². The van der Waals surface area contributed by atoms with Crippen molar-refractivity contribution in [1.82, 2.24) is 0 Å². The quantitative estimate of drug-likeness (QED) is 0.148. The van der Waals surface area contributed by atoms with Gasteiger partial charge in [0.2, 0.25) is 6.79 Å². The van der Waals surface area contributed by atoms with Gasteiger partial charge >= 0.3 is 35.5 Å². The molecule has 1 aliphatic heterocycles. The summed E-state index contributed by atoms with van der Waals surface area (Å²) in [5.41, 5.74) is 6.36. The van der Waals surface area contributed by atoms with Crippen LogP contribution in [0.1, 0.15) is 70.5 Å². The molecule has 47 heavy (non-hydrogen) atoms. The van der Waals surface area contributed by atoms with Crippen molar-refractivity contribution in [2.75, 3.05) is 20.5 Å². The minimum atomic E-state index is -1.22. The van der Waals surface area contributed by atoms with Crippen LogP contribution in [0.25, 0.3) is 0 Å². The standard InChI is InChI=1S/C38H36O8.Na/c1-3-15-43-27-11-13-30-31(20-27)36(29-12-10-26(42-2)17-25(29)19-34(39)40)37(35(30)24-8-14-32-33(18-24)45-21-44-32)38(41)46-28-9-7-22-5-4-6-23(22)16-28;/h7-14,16-18,20,35-37H,3-6,15,19,21H2,1-2H3,(H,39,40);/q;+1/p-1. The summed E-state index contributed by atoms with van der Waals surface area (Å²) in [5, 5.41) is 12.0. The molecule has 0 fully saturated rings. The number of carbonyl (C=O) groups is 2. The third-order valence-corrected chi connectivity index (χ3v) is 9.26. The molecule has 2 aliphatic carbocycles. The predicted octanol–water partition coefficient (Wildman–Crippen LogP) is 2.50. The number of ether oxygens (including phenoxy) is 5. The molecule has 4 aromatic carbocycles. The number of hydrogen-bond donors (Lipinski definition) is 0. The van der Waals surface area contributed by atoms with Gasteiger partial charge < -0.3 is 33.6 Å². The second-order valence-electron chi connectivity index (χ2n) is 12.1. The zero-order valence-corrected chi connectivity index (χ0v) is 28.9. The number of benzene rings is 4. The molecule has 3 unspecified atom stereocenters. The second-order valence-corrected chi connectivity index (χ2v) is 12.1. The summed E-state index contributed by atoms with van der Waals surface area (Å²) in [6.45, 7) is 2.71. The number of aliphatic carboxylic acids is 1. The van der Waals surface area contributed by atoms with Gasteiger partial charge in [-0.1, -0.05) is 31.2 Å². The molecule has 0 radical (unpaired) electrons. The van der Waals surface area contributed by atoms with Crippen LogP contribution >= 0.6 is 0 Å². The van der Waals surface area contributed by atoms with Gasteiger partial charge in [-0.15, -0.1) is 0 Å². The van der Waals surface area contributed by atoms with Crippen LogP contribution in [0.4, 0.5) is 0 Å². The van der Waals surface area contributed by atoms with Gasteiger partial charge in [-0.05, 0) is 113 Å². The Bertz CT molecular complexity index is 1820. The third-order valence-electron chi connectivity index (χ3n) is 9.26. The Kier molecular flexibility index (Phi) is 9.82. The van der Waals surface area contributed by atoms with Crippen molar-refractivity contribution >= 4 is 11.9 Å². The first-order chi connectivity index (χ1) is 22.4. The maximum Gasteiger partial charge on any atom is 1.00 e. The van der Waals surface area contributed by atoms with E-state index < -0.39 is 29.7 Å². The van der Waals surface area contributed by atoms with E-state index >= 15 is 0 Å². The molecule has 7 rings (SSSR count). The Morgan fingerprint density at radius 1 is 0.809 bits per heavy atom. The van der Waals surface area contributed by atoms with Gasteiger partial charge in [-0.2, -0.15) is 0 Å². The summed E-state index contributed by atoms with van der Waals surface area (Å²) in [7, 11) is 1.53.